The molecule has 6 heteroatoms. The van der Waals surface area contributed by atoms with Gasteiger partial charge in [0.25, 0.3) is 0 Å². The first-order chi connectivity index (χ1) is 12.6. The zero-order chi connectivity index (χ0) is 19.8. The van der Waals surface area contributed by atoms with E-state index in [1.807, 2.05) is 33.0 Å². The quantitative estimate of drug-likeness (QED) is 0.706. The molecule has 0 fully saturated rings. The van der Waals surface area contributed by atoms with E-state index in [4.69, 9.17) is 4.42 Å². The Hall–Kier alpha value is -2.60. The van der Waals surface area contributed by atoms with Crippen molar-refractivity contribution in [2.24, 2.45) is 0 Å². The fourth-order valence-electron chi connectivity index (χ4n) is 3.18. The summed E-state index contributed by atoms with van der Waals surface area (Å²) in [6.07, 6.45) is -4.33. The summed E-state index contributed by atoms with van der Waals surface area (Å²) < 4.78 is 43.3. The number of hydrogen-bond donors (Lipinski definition) is 1. The lowest BCUT2D eigenvalue weighted by Gasteiger charge is -2.16. The van der Waals surface area contributed by atoms with Crippen LogP contribution < -0.4 is 10.5 Å². The van der Waals surface area contributed by atoms with E-state index in [1.165, 1.54) is 18.2 Å². The molecule has 2 aromatic carbocycles. The maximum Gasteiger partial charge on any atom is 0.416 e. The molecule has 0 saturated heterocycles. The van der Waals surface area contributed by atoms with Crippen LogP contribution in [-0.4, -0.2) is 7.05 Å². The predicted octanol–water partition coefficient (Wildman–Crippen LogP) is 3.64. The second-order valence-electron chi connectivity index (χ2n) is 7.03. The molecule has 0 aliphatic carbocycles. The average molecular weight is 376 g/mol. The van der Waals surface area contributed by atoms with Crippen LogP contribution in [0.4, 0.5) is 13.2 Å². The van der Waals surface area contributed by atoms with Crippen LogP contribution in [0.3, 0.4) is 0 Å². The van der Waals surface area contributed by atoms with Crippen molar-refractivity contribution in [1.82, 2.24) is 0 Å². The molecular formula is C21H21F3NO2+. The van der Waals surface area contributed by atoms with Gasteiger partial charge in [-0.3, -0.25) is 0 Å². The molecule has 1 unspecified atom stereocenters. The first-order valence-corrected chi connectivity index (χ1v) is 8.65. The van der Waals surface area contributed by atoms with Gasteiger partial charge in [0.15, 0.2) is 0 Å². The maximum absolute atomic E-state index is 12.7. The van der Waals surface area contributed by atoms with Gasteiger partial charge in [0.2, 0.25) is 0 Å². The van der Waals surface area contributed by atoms with Gasteiger partial charge in [-0.1, -0.05) is 12.1 Å². The van der Waals surface area contributed by atoms with Crippen molar-refractivity contribution in [2.75, 3.05) is 7.05 Å². The standard InChI is InChI=1S/C21H20F3NO2/c1-13-8-18-16(10-20(26)27-19(18)9-14(13)2)12-25(3)11-15-4-6-17(7-5-15)21(22,23)24/h4-10H,11-12H2,1-3H3/p+1. The number of quaternary nitrogens is 1. The van der Waals surface area contributed by atoms with Gasteiger partial charge in [-0.25, -0.2) is 4.79 Å². The summed E-state index contributed by atoms with van der Waals surface area (Å²) in [5.41, 5.74) is 3.34. The number of halogens is 3. The van der Waals surface area contributed by atoms with Crippen LogP contribution in [0.2, 0.25) is 0 Å². The van der Waals surface area contributed by atoms with Crippen molar-refractivity contribution >= 4 is 11.0 Å². The van der Waals surface area contributed by atoms with E-state index in [0.717, 1.165) is 44.7 Å². The van der Waals surface area contributed by atoms with Gasteiger partial charge in [-0.2, -0.15) is 13.2 Å². The van der Waals surface area contributed by atoms with Gasteiger partial charge in [0.1, 0.15) is 18.7 Å². The molecule has 3 aromatic rings. The summed E-state index contributed by atoms with van der Waals surface area (Å²) in [4.78, 5) is 12.9. The molecule has 27 heavy (non-hydrogen) atoms. The Kier molecular flexibility index (Phi) is 5.11. The highest BCUT2D eigenvalue weighted by Gasteiger charge is 2.30. The monoisotopic (exact) mass is 376 g/mol. The third-order valence-corrected chi connectivity index (χ3v) is 4.72. The Morgan fingerprint density at radius 3 is 2.22 bits per heavy atom. The van der Waals surface area contributed by atoms with Crippen molar-refractivity contribution in [3.05, 3.63) is 80.7 Å². The molecule has 1 heterocycles. The Morgan fingerprint density at radius 2 is 1.59 bits per heavy atom. The summed E-state index contributed by atoms with van der Waals surface area (Å²) >= 11 is 0. The Labute approximate surface area is 155 Å². The van der Waals surface area contributed by atoms with Crippen molar-refractivity contribution < 1.29 is 22.5 Å². The Bertz CT molecular complexity index is 1020. The van der Waals surface area contributed by atoms with E-state index in [0.29, 0.717) is 18.7 Å². The smallest absolute Gasteiger partial charge is 0.416 e. The van der Waals surface area contributed by atoms with Crippen molar-refractivity contribution in [1.29, 1.82) is 0 Å². The highest BCUT2D eigenvalue weighted by Crippen LogP contribution is 2.29. The fourth-order valence-corrected chi connectivity index (χ4v) is 3.18. The predicted molar refractivity (Wildman–Crippen MR) is 97.7 cm³/mol. The van der Waals surface area contributed by atoms with Gasteiger partial charge >= 0.3 is 11.8 Å². The third kappa shape index (κ3) is 4.39. The minimum atomic E-state index is -4.33. The Balaban J connectivity index is 1.83. The van der Waals surface area contributed by atoms with E-state index in [9.17, 15) is 18.0 Å². The molecule has 1 N–H and O–H groups in total. The molecule has 0 aliphatic rings. The summed E-state index contributed by atoms with van der Waals surface area (Å²) in [5, 5.41) is 0.893. The molecule has 0 spiro atoms. The summed E-state index contributed by atoms with van der Waals surface area (Å²) in [7, 11) is 1.94. The maximum atomic E-state index is 12.7. The van der Waals surface area contributed by atoms with Gasteiger partial charge < -0.3 is 9.32 Å². The number of aryl methyl sites for hydroxylation is 2. The number of hydrogen-bond acceptors (Lipinski definition) is 2. The molecule has 0 aliphatic heterocycles. The molecule has 3 rings (SSSR count). The van der Waals surface area contributed by atoms with E-state index in [2.05, 4.69) is 0 Å². The minimum absolute atomic E-state index is 0.400. The second-order valence-corrected chi connectivity index (χ2v) is 7.03. The van der Waals surface area contributed by atoms with Crippen LogP contribution in [0.25, 0.3) is 11.0 Å². The molecule has 3 nitrogen and oxygen atoms in total. The summed E-state index contributed by atoms with van der Waals surface area (Å²) in [6.45, 7) is 5.07. The lowest BCUT2D eigenvalue weighted by Crippen LogP contribution is -3.06. The molecule has 0 saturated carbocycles. The zero-order valence-electron chi connectivity index (χ0n) is 15.4. The fraction of sp³-hybridized carbons (Fsp3) is 0.286. The van der Waals surface area contributed by atoms with Crippen LogP contribution in [0.5, 0.6) is 0 Å². The second kappa shape index (κ2) is 7.19. The molecular weight excluding hydrogens is 355 g/mol. The number of fused-ring (bicyclic) bond motifs is 1. The summed E-state index contributed by atoms with van der Waals surface area (Å²) in [5.74, 6) is 0. The van der Waals surface area contributed by atoms with E-state index >= 15 is 0 Å². The number of alkyl halides is 3. The number of benzene rings is 2. The Morgan fingerprint density at radius 1 is 0.963 bits per heavy atom. The van der Waals surface area contributed by atoms with Crippen LogP contribution >= 0.6 is 0 Å². The SMILES string of the molecule is Cc1cc2oc(=O)cc(C[NH+](C)Cc3ccc(C(F)(F)F)cc3)c2cc1C. The highest BCUT2D eigenvalue weighted by molar-refractivity contribution is 5.81. The number of nitrogens with one attached hydrogen (secondary N) is 1. The van der Waals surface area contributed by atoms with Gasteiger partial charge in [0.05, 0.1) is 12.6 Å². The molecule has 0 bridgehead atoms. The average Bonchev–Trinajstić information content (AvgIpc) is 2.56. The van der Waals surface area contributed by atoms with E-state index < -0.39 is 17.4 Å². The summed E-state index contributed by atoms with van der Waals surface area (Å²) in [6, 6.07) is 10.6. The molecule has 142 valence electrons. The molecule has 1 aromatic heterocycles. The van der Waals surface area contributed by atoms with Crippen LogP contribution in [0, 0.1) is 13.8 Å². The highest BCUT2D eigenvalue weighted by atomic mass is 19.4. The van der Waals surface area contributed by atoms with Crippen molar-refractivity contribution in [3.8, 4) is 0 Å². The van der Waals surface area contributed by atoms with Gasteiger partial charge in [0, 0.05) is 22.6 Å². The topological polar surface area (TPSA) is 34.6 Å². The van der Waals surface area contributed by atoms with E-state index in [1.54, 1.807) is 0 Å². The molecule has 1 atom stereocenters. The van der Waals surface area contributed by atoms with Crippen LogP contribution in [-0.2, 0) is 19.3 Å². The van der Waals surface area contributed by atoms with Crippen molar-refractivity contribution in [2.45, 2.75) is 33.1 Å². The first-order valence-electron chi connectivity index (χ1n) is 8.65. The first kappa shape index (κ1) is 19.2. The molecule has 0 radical (unpaired) electrons. The minimum Gasteiger partial charge on any atom is -0.423 e. The van der Waals surface area contributed by atoms with Gasteiger partial charge in [-0.05, 0) is 49.2 Å². The lowest BCUT2D eigenvalue weighted by atomic mass is 10.0. The zero-order valence-corrected chi connectivity index (χ0v) is 15.4. The van der Waals surface area contributed by atoms with Gasteiger partial charge in [-0.15, -0.1) is 0 Å². The lowest BCUT2D eigenvalue weighted by molar-refractivity contribution is -0.907. The van der Waals surface area contributed by atoms with Crippen LogP contribution in [0.1, 0.15) is 27.8 Å². The van der Waals surface area contributed by atoms with Crippen molar-refractivity contribution in [3.63, 3.8) is 0 Å². The largest absolute Gasteiger partial charge is 0.423 e. The molecule has 0 amide bonds. The normalized spacial score (nSPS) is 13.1. The third-order valence-electron chi connectivity index (χ3n) is 4.72. The van der Waals surface area contributed by atoms with E-state index in [-0.39, 0.29) is 0 Å². The van der Waals surface area contributed by atoms with Crippen LogP contribution in [0.15, 0.2) is 51.7 Å². The number of rotatable bonds is 4.